The number of allylic oxidation sites excluding steroid dienone is 2. The van der Waals surface area contributed by atoms with E-state index in [0.717, 1.165) is 11.1 Å². The highest BCUT2D eigenvalue weighted by molar-refractivity contribution is 5.84. The lowest BCUT2D eigenvalue weighted by atomic mass is 9.89. The number of aliphatic hydroxyl groups excluding tert-OH is 2. The van der Waals surface area contributed by atoms with Gasteiger partial charge in [-0.2, -0.15) is 0 Å². The summed E-state index contributed by atoms with van der Waals surface area (Å²) in [6.07, 6.45) is -1.79. The van der Waals surface area contributed by atoms with Gasteiger partial charge in [-0.3, -0.25) is 0 Å². The number of nitrogens with one attached hydrogen (secondary N) is 1. The van der Waals surface area contributed by atoms with Gasteiger partial charge in [-0.05, 0) is 76.4 Å². The number of hydrogen-bond acceptors (Lipinski definition) is 9. The minimum Gasteiger partial charge on any atom is -0.508 e. The van der Waals surface area contributed by atoms with E-state index in [2.05, 4.69) is 5.32 Å². The summed E-state index contributed by atoms with van der Waals surface area (Å²) in [5, 5.41) is 35.1. The number of fused-ring (bicyclic) bond motifs is 1. The molecule has 0 bridgehead atoms. The maximum Gasteiger partial charge on any atom is 0.359 e. The first-order chi connectivity index (χ1) is 18.4. The van der Waals surface area contributed by atoms with Gasteiger partial charge in [0, 0.05) is 24.6 Å². The molecular weight excluding hydrogens is 502 g/mol. The molecule has 3 aromatic rings. The molecule has 1 aromatic heterocycles. The van der Waals surface area contributed by atoms with E-state index < -0.39 is 35.8 Å². The highest BCUT2D eigenvalue weighted by Crippen LogP contribution is 2.35. The van der Waals surface area contributed by atoms with Crippen LogP contribution in [0.15, 0.2) is 57.3 Å². The molecule has 9 nitrogen and oxygen atoms in total. The first kappa shape index (κ1) is 28.6. The molecule has 4 N–H and O–H groups in total. The summed E-state index contributed by atoms with van der Waals surface area (Å²) < 4.78 is 22.8. The summed E-state index contributed by atoms with van der Waals surface area (Å²) in [5.41, 5.74) is 2.63. The van der Waals surface area contributed by atoms with Crippen LogP contribution in [0.3, 0.4) is 0 Å². The van der Waals surface area contributed by atoms with E-state index in [1.807, 2.05) is 26.0 Å². The van der Waals surface area contributed by atoms with Crippen LogP contribution < -0.4 is 15.7 Å². The molecule has 2 aromatic carbocycles. The Kier molecular flexibility index (Phi) is 8.37. The van der Waals surface area contributed by atoms with Crippen LogP contribution in [0.25, 0.3) is 11.0 Å². The third kappa shape index (κ3) is 6.12. The first-order valence-corrected chi connectivity index (χ1v) is 12.9. The van der Waals surface area contributed by atoms with Gasteiger partial charge in [0.1, 0.15) is 41.1 Å². The van der Waals surface area contributed by atoms with Gasteiger partial charge in [-0.25, -0.2) is 4.79 Å². The van der Waals surface area contributed by atoms with Gasteiger partial charge in [0.15, 0.2) is 0 Å². The fourth-order valence-corrected chi connectivity index (χ4v) is 4.81. The fourth-order valence-electron chi connectivity index (χ4n) is 4.81. The molecule has 4 atom stereocenters. The van der Waals surface area contributed by atoms with Crippen molar-refractivity contribution in [2.24, 2.45) is 0 Å². The van der Waals surface area contributed by atoms with Crippen molar-refractivity contribution >= 4 is 16.7 Å². The lowest BCUT2D eigenvalue weighted by Crippen LogP contribution is -2.63. The fraction of sp³-hybridized carbons (Fsp3) is 0.433. The van der Waals surface area contributed by atoms with Gasteiger partial charge < -0.3 is 39.3 Å². The van der Waals surface area contributed by atoms with E-state index >= 15 is 0 Å². The number of rotatable bonds is 8. The van der Waals surface area contributed by atoms with Crippen LogP contribution in [0, 0.1) is 6.92 Å². The van der Waals surface area contributed by atoms with E-state index in [-0.39, 0.29) is 5.75 Å². The van der Waals surface area contributed by atoms with Crippen molar-refractivity contribution in [3.05, 3.63) is 75.2 Å². The molecule has 0 amide bonds. The number of hydrogen-bond donors (Lipinski definition) is 4. The molecule has 0 spiro atoms. The number of phenols is 1. The summed E-state index contributed by atoms with van der Waals surface area (Å²) in [7, 11) is 1.44. The molecule has 4 rings (SSSR count). The third-order valence-electron chi connectivity index (χ3n) is 7.00. The second-order valence-corrected chi connectivity index (χ2v) is 10.7. The number of anilines is 1. The summed E-state index contributed by atoms with van der Waals surface area (Å²) in [4.78, 5) is 12.8. The number of methoxy groups -OCH3 is 1. The zero-order valence-corrected chi connectivity index (χ0v) is 23.1. The number of aryl methyl sites for hydroxylation is 1. The summed E-state index contributed by atoms with van der Waals surface area (Å²) in [5.74, 6) is 0.583. The molecule has 0 saturated carbocycles. The summed E-state index contributed by atoms with van der Waals surface area (Å²) in [6, 6.07) is 10.5. The SMILES string of the molecule is CO[C@@H]1[C@@H](O)[C@@H](O)[C@H](Oc2ccc3cc(NCc4ccc(O)c(CC=C(C)C)c4)c(=O)oc3c2C)OC1(C)C. The van der Waals surface area contributed by atoms with Crippen molar-refractivity contribution < 1.29 is 33.9 Å². The van der Waals surface area contributed by atoms with E-state index in [1.165, 1.54) is 12.7 Å². The molecule has 0 aliphatic carbocycles. The number of benzene rings is 2. The number of phenolic OH excluding ortho intramolecular Hbond substituents is 1. The van der Waals surface area contributed by atoms with Crippen LogP contribution in [0.5, 0.6) is 11.5 Å². The maximum absolute atomic E-state index is 12.8. The Bertz CT molecular complexity index is 1420. The van der Waals surface area contributed by atoms with Crippen LogP contribution >= 0.6 is 0 Å². The Balaban J connectivity index is 1.53. The van der Waals surface area contributed by atoms with E-state index in [1.54, 1.807) is 51.1 Å². The van der Waals surface area contributed by atoms with Crippen molar-refractivity contribution in [2.75, 3.05) is 12.4 Å². The Morgan fingerprint density at radius 3 is 2.56 bits per heavy atom. The van der Waals surface area contributed by atoms with Crippen molar-refractivity contribution in [1.29, 1.82) is 0 Å². The number of ether oxygens (including phenoxy) is 3. The zero-order chi connectivity index (χ0) is 28.5. The molecule has 1 fully saturated rings. The van der Waals surface area contributed by atoms with Gasteiger partial charge >= 0.3 is 5.63 Å². The number of aromatic hydroxyl groups is 1. The Morgan fingerprint density at radius 1 is 1.13 bits per heavy atom. The average Bonchev–Trinajstić information content (AvgIpc) is 2.87. The molecule has 0 unspecified atom stereocenters. The van der Waals surface area contributed by atoms with Crippen molar-refractivity contribution in [3.8, 4) is 11.5 Å². The highest BCUT2D eigenvalue weighted by atomic mass is 16.7. The molecule has 1 aliphatic rings. The van der Waals surface area contributed by atoms with Crippen LogP contribution in [0.2, 0.25) is 0 Å². The molecule has 39 heavy (non-hydrogen) atoms. The average molecular weight is 540 g/mol. The van der Waals surface area contributed by atoms with Crippen LogP contribution in [0.1, 0.15) is 44.4 Å². The molecule has 210 valence electrons. The predicted octanol–water partition coefficient (Wildman–Crippen LogP) is 4.18. The van der Waals surface area contributed by atoms with Crippen LogP contribution in [-0.2, 0) is 22.4 Å². The number of aliphatic hydroxyl groups is 2. The molecule has 1 saturated heterocycles. The largest absolute Gasteiger partial charge is 0.508 e. The second-order valence-electron chi connectivity index (χ2n) is 10.7. The Morgan fingerprint density at radius 2 is 1.87 bits per heavy atom. The van der Waals surface area contributed by atoms with Gasteiger partial charge in [0.25, 0.3) is 0 Å². The van der Waals surface area contributed by atoms with Crippen LogP contribution in [-0.4, -0.2) is 52.6 Å². The maximum atomic E-state index is 12.8. The zero-order valence-electron chi connectivity index (χ0n) is 23.1. The quantitative estimate of drug-likeness (QED) is 0.246. The predicted molar refractivity (Wildman–Crippen MR) is 148 cm³/mol. The van der Waals surface area contributed by atoms with E-state index in [0.29, 0.717) is 40.9 Å². The van der Waals surface area contributed by atoms with Gasteiger partial charge in [0.05, 0.1) is 5.60 Å². The minimum absolute atomic E-state index is 0.234. The highest BCUT2D eigenvalue weighted by Gasteiger charge is 2.50. The van der Waals surface area contributed by atoms with Crippen LogP contribution in [0.4, 0.5) is 5.69 Å². The molecule has 9 heteroatoms. The van der Waals surface area contributed by atoms with E-state index in [4.69, 9.17) is 18.6 Å². The van der Waals surface area contributed by atoms with Crippen molar-refractivity contribution in [1.82, 2.24) is 0 Å². The normalized spacial score (nSPS) is 22.5. The minimum atomic E-state index is -1.35. The van der Waals surface area contributed by atoms with Gasteiger partial charge in [0.2, 0.25) is 6.29 Å². The second kappa shape index (κ2) is 11.4. The first-order valence-electron chi connectivity index (χ1n) is 12.9. The smallest absolute Gasteiger partial charge is 0.359 e. The molecule has 2 heterocycles. The van der Waals surface area contributed by atoms with E-state index in [9.17, 15) is 20.1 Å². The Hall–Kier alpha value is -3.37. The monoisotopic (exact) mass is 539 g/mol. The lowest BCUT2D eigenvalue weighted by Gasteiger charge is -2.46. The topological polar surface area (TPSA) is 131 Å². The van der Waals surface area contributed by atoms with Crippen molar-refractivity contribution in [2.45, 2.75) is 77.8 Å². The van der Waals surface area contributed by atoms with Crippen molar-refractivity contribution in [3.63, 3.8) is 0 Å². The van der Waals surface area contributed by atoms with Gasteiger partial charge in [-0.1, -0.05) is 23.8 Å². The standard InChI is InChI=1S/C30H37NO8/c1-16(2)7-9-19-13-18(8-11-22(19)32)15-31-21-14-20-10-12-23(17(3)26(20)38-28(21)35)37-29-25(34)24(33)27(36-6)30(4,5)39-29/h7-8,10-14,24-25,27,29,31-34H,9,15H2,1-6H3/t24-,25+,27+,29+/m0/s1. The molecule has 0 radical (unpaired) electrons. The summed E-state index contributed by atoms with van der Waals surface area (Å²) >= 11 is 0. The Labute approximate surface area is 227 Å². The van der Waals surface area contributed by atoms with Gasteiger partial charge in [-0.15, -0.1) is 0 Å². The lowest BCUT2D eigenvalue weighted by molar-refractivity contribution is -0.306. The molecule has 1 aliphatic heterocycles. The summed E-state index contributed by atoms with van der Waals surface area (Å²) in [6.45, 7) is 9.62. The third-order valence-corrected chi connectivity index (χ3v) is 7.00. The molecular formula is C30H37NO8.